The molecule has 0 saturated carbocycles. The molecule has 0 atom stereocenters. The van der Waals surface area contributed by atoms with Gasteiger partial charge in [0.2, 0.25) is 0 Å². The molecule has 3 heteroatoms. The van der Waals surface area contributed by atoms with E-state index in [2.05, 4.69) is 31.2 Å². The number of methoxy groups -OCH3 is 1. The first-order valence-electron chi connectivity index (χ1n) is 6.50. The van der Waals surface area contributed by atoms with Gasteiger partial charge < -0.3 is 9.47 Å². The summed E-state index contributed by atoms with van der Waals surface area (Å²) in [5.74, 6) is 1.70. The van der Waals surface area contributed by atoms with Crippen LogP contribution in [0.15, 0.2) is 48.5 Å². The van der Waals surface area contributed by atoms with Gasteiger partial charge in [-0.2, -0.15) is 0 Å². The van der Waals surface area contributed by atoms with E-state index in [9.17, 15) is 0 Å². The van der Waals surface area contributed by atoms with Crippen LogP contribution in [0, 0.1) is 6.92 Å². The fourth-order valence-corrected chi connectivity index (χ4v) is 3.17. The molecule has 0 aliphatic heterocycles. The lowest BCUT2D eigenvalue weighted by atomic mass is 10.2. The van der Waals surface area contributed by atoms with Gasteiger partial charge in [0.1, 0.15) is 18.1 Å². The van der Waals surface area contributed by atoms with E-state index in [4.69, 9.17) is 9.47 Å². The van der Waals surface area contributed by atoms with Crippen molar-refractivity contribution in [3.05, 3.63) is 59.0 Å². The highest BCUT2D eigenvalue weighted by molar-refractivity contribution is 7.19. The van der Waals surface area contributed by atoms with Crippen molar-refractivity contribution in [2.45, 2.75) is 13.5 Å². The second kappa shape index (κ2) is 5.55. The van der Waals surface area contributed by atoms with E-state index < -0.39 is 0 Å². The van der Waals surface area contributed by atoms with Crippen LogP contribution in [0.3, 0.4) is 0 Å². The molecule has 3 aromatic rings. The molecule has 0 fully saturated rings. The Bertz CT molecular complexity index is 713. The molecule has 102 valence electrons. The van der Waals surface area contributed by atoms with Crippen molar-refractivity contribution in [3.8, 4) is 11.5 Å². The van der Waals surface area contributed by atoms with Gasteiger partial charge in [0.15, 0.2) is 0 Å². The Hall–Kier alpha value is -2.00. The van der Waals surface area contributed by atoms with Gasteiger partial charge in [-0.05, 0) is 54.3 Å². The summed E-state index contributed by atoms with van der Waals surface area (Å²) in [5, 5.41) is 1.29. The van der Waals surface area contributed by atoms with E-state index >= 15 is 0 Å². The first kappa shape index (κ1) is 13.0. The molecule has 0 amide bonds. The quantitative estimate of drug-likeness (QED) is 0.685. The number of hydrogen-bond acceptors (Lipinski definition) is 3. The van der Waals surface area contributed by atoms with Crippen LogP contribution in [-0.4, -0.2) is 7.11 Å². The number of rotatable bonds is 4. The Labute approximate surface area is 122 Å². The highest BCUT2D eigenvalue weighted by atomic mass is 32.1. The third-order valence-corrected chi connectivity index (χ3v) is 4.24. The molecule has 0 aliphatic rings. The summed E-state index contributed by atoms with van der Waals surface area (Å²) >= 11 is 1.79. The highest BCUT2D eigenvalue weighted by Crippen LogP contribution is 2.27. The first-order chi connectivity index (χ1) is 9.74. The Morgan fingerprint density at radius 1 is 0.950 bits per heavy atom. The molecule has 20 heavy (non-hydrogen) atoms. The van der Waals surface area contributed by atoms with Gasteiger partial charge in [0, 0.05) is 9.58 Å². The molecular weight excluding hydrogens is 268 g/mol. The van der Waals surface area contributed by atoms with Crippen LogP contribution in [-0.2, 0) is 6.61 Å². The van der Waals surface area contributed by atoms with Gasteiger partial charge in [0.05, 0.1) is 7.11 Å². The second-order valence-corrected chi connectivity index (χ2v) is 5.89. The number of hydrogen-bond donors (Lipinski definition) is 0. The highest BCUT2D eigenvalue weighted by Gasteiger charge is 2.03. The predicted octanol–water partition coefficient (Wildman–Crippen LogP) is 4.80. The zero-order valence-corrected chi connectivity index (χ0v) is 12.4. The van der Waals surface area contributed by atoms with E-state index in [1.165, 1.54) is 20.5 Å². The minimum absolute atomic E-state index is 0.602. The summed E-state index contributed by atoms with van der Waals surface area (Å²) in [7, 11) is 1.66. The average molecular weight is 284 g/mol. The van der Waals surface area contributed by atoms with Crippen LogP contribution in [0.4, 0.5) is 0 Å². The smallest absolute Gasteiger partial charge is 0.122 e. The van der Waals surface area contributed by atoms with Crippen LogP contribution in [0.5, 0.6) is 11.5 Å². The Balaban J connectivity index is 1.72. The van der Waals surface area contributed by atoms with Crippen molar-refractivity contribution in [2.24, 2.45) is 0 Å². The molecule has 0 aliphatic carbocycles. The van der Waals surface area contributed by atoms with Crippen LogP contribution < -0.4 is 9.47 Å². The molecule has 0 saturated heterocycles. The SMILES string of the molecule is COc1ccc(OCc2cc3ccc(C)cc3s2)cc1. The summed E-state index contributed by atoms with van der Waals surface area (Å²) < 4.78 is 12.3. The van der Waals surface area contributed by atoms with Gasteiger partial charge in [-0.25, -0.2) is 0 Å². The molecule has 0 N–H and O–H groups in total. The van der Waals surface area contributed by atoms with Crippen molar-refractivity contribution in [1.29, 1.82) is 0 Å². The summed E-state index contributed by atoms with van der Waals surface area (Å²) in [6, 6.07) is 16.4. The lowest BCUT2D eigenvalue weighted by molar-refractivity contribution is 0.309. The zero-order chi connectivity index (χ0) is 13.9. The Morgan fingerprint density at radius 2 is 1.70 bits per heavy atom. The third kappa shape index (κ3) is 2.78. The molecule has 3 rings (SSSR count). The van der Waals surface area contributed by atoms with Crippen LogP contribution >= 0.6 is 11.3 Å². The van der Waals surface area contributed by atoms with E-state index in [1.54, 1.807) is 18.4 Å². The van der Waals surface area contributed by atoms with Gasteiger partial charge in [-0.3, -0.25) is 0 Å². The predicted molar refractivity (Wildman–Crippen MR) is 83.9 cm³/mol. The fraction of sp³-hybridized carbons (Fsp3) is 0.176. The number of thiophene rings is 1. The molecular formula is C17H16O2S. The molecule has 0 bridgehead atoms. The van der Waals surface area contributed by atoms with Gasteiger partial charge in [0.25, 0.3) is 0 Å². The van der Waals surface area contributed by atoms with E-state index in [1.807, 2.05) is 24.3 Å². The van der Waals surface area contributed by atoms with Crippen molar-refractivity contribution in [1.82, 2.24) is 0 Å². The fourth-order valence-electron chi connectivity index (χ4n) is 2.09. The Kier molecular flexibility index (Phi) is 3.61. The minimum atomic E-state index is 0.602. The lowest BCUT2D eigenvalue weighted by Gasteiger charge is -2.05. The maximum absolute atomic E-state index is 5.81. The van der Waals surface area contributed by atoms with E-state index in [0.717, 1.165) is 11.5 Å². The minimum Gasteiger partial charge on any atom is -0.497 e. The number of benzene rings is 2. The Morgan fingerprint density at radius 3 is 2.45 bits per heavy atom. The molecule has 1 aromatic heterocycles. The first-order valence-corrected chi connectivity index (χ1v) is 7.32. The number of fused-ring (bicyclic) bond motifs is 1. The maximum atomic E-state index is 5.81. The molecule has 1 heterocycles. The number of ether oxygens (including phenoxy) is 2. The number of aryl methyl sites for hydroxylation is 1. The van der Waals surface area contributed by atoms with E-state index in [0.29, 0.717) is 6.61 Å². The third-order valence-electron chi connectivity index (χ3n) is 3.17. The summed E-state index contributed by atoms with van der Waals surface area (Å²) in [4.78, 5) is 1.24. The van der Waals surface area contributed by atoms with Crippen LogP contribution in [0.1, 0.15) is 10.4 Å². The molecule has 0 spiro atoms. The maximum Gasteiger partial charge on any atom is 0.122 e. The largest absolute Gasteiger partial charge is 0.497 e. The van der Waals surface area contributed by atoms with Crippen molar-refractivity contribution >= 4 is 21.4 Å². The van der Waals surface area contributed by atoms with Gasteiger partial charge in [-0.1, -0.05) is 12.1 Å². The normalized spacial score (nSPS) is 10.7. The topological polar surface area (TPSA) is 18.5 Å². The van der Waals surface area contributed by atoms with Crippen LogP contribution in [0.25, 0.3) is 10.1 Å². The van der Waals surface area contributed by atoms with Gasteiger partial charge in [-0.15, -0.1) is 11.3 Å². The summed E-state index contributed by atoms with van der Waals surface area (Å²) in [6.07, 6.45) is 0. The molecule has 2 aromatic carbocycles. The van der Waals surface area contributed by atoms with Crippen molar-refractivity contribution in [2.75, 3.05) is 7.11 Å². The van der Waals surface area contributed by atoms with E-state index in [-0.39, 0.29) is 0 Å². The second-order valence-electron chi connectivity index (χ2n) is 4.72. The summed E-state index contributed by atoms with van der Waals surface area (Å²) in [5.41, 5.74) is 1.29. The van der Waals surface area contributed by atoms with Crippen LogP contribution in [0.2, 0.25) is 0 Å². The summed E-state index contributed by atoms with van der Waals surface area (Å²) in [6.45, 7) is 2.72. The standard InChI is InChI=1S/C17H16O2S/c1-12-3-4-13-10-16(20-17(13)9-12)11-19-15-7-5-14(18-2)6-8-15/h3-10H,11H2,1-2H3. The average Bonchev–Trinajstić information content (AvgIpc) is 2.87. The van der Waals surface area contributed by atoms with Crippen molar-refractivity contribution in [3.63, 3.8) is 0 Å². The van der Waals surface area contributed by atoms with Crippen molar-refractivity contribution < 1.29 is 9.47 Å². The van der Waals surface area contributed by atoms with Gasteiger partial charge >= 0.3 is 0 Å². The lowest BCUT2D eigenvalue weighted by Crippen LogP contribution is -1.92. The molecule has 0 unspecified atom stereocenters. The molecule has 0 radical (unpaired) electrons. The monoisotopic (exact) mass is 284 g/mol. The molecule has 2 nitrogen and oxygen atoms in total. The zero-order valence-electron chi connectivity index (χ0n) is 11.6.